The van der Waals surface area contributed by atoms with Crippen molar-refractivity contribution in [1.29, 1.82) is 0 Å². The van der Waals surface area contributed by atoms with Gasteiger partial charge < -0.3 is 0 Å². The highest BCUT2D eigenvalue weighted by Gasteiger charge is 2.03. The van der Waals surface area contributed by atoms with Gasteiger partial charge in [-0.1, -0.05) is 5.92 Å². The Morgan fingerprint density at radius 1 is 1.17 bits per heavy atom. The average Bonchev–Trinajstić information content (AvgIpc) is 1.84. The van der Waals surface area contributed by atoms with Gasteiger partial charge in [-0.25, -0.2) is 0 Å². The molecule has 0 unspecified atom stereocenters. The molecule has 0 spiro atoms. The number of hydrogen-bond acceptors (Lipinski definition) is 3. The van der Waals surface area contributed by atoms with Gasteiger partial charge in [0.2, 0.25) is 5.78 Å². The van der Waals surface area contributed by atoms with Gasteiger partial charge in [0.25, 0.3) is 0 Å². The molecule has 0 N–H and O–H groups in total. The van der Waals surface area contributed by atoms with Crippen LogP contribution in [0.1, 0.15) is 27.7 Å². The van der Waals surface area contributed by atoms with Gasteiger partial charge in [-0.3, -0.25) is 4.79 Å². The molecule has 0 aromatic heterocycles. The molecule has 12 heavy (non-hydrogen) atoms. The average molecular weight is 168 g/mol. The second-order valence-electron chi connectivity index (χ2n) is 3.14. The fraction of sp³-hybridized carbons (Fsp3) is 0.556. The van der Waals surface area contributed by atoms with Gasteiger partial charge in [0, 0.05) is 12.3 Å². The molecule has 0 saturated carbocycles. The third kappa shape index (κ3) is 23.5. The number of rotatable bonds is 0. The zero-order chi connectivity index (χ0) is 10.2. The molecule has 0 aliphatic carbocycles. The van der Waals surface area contributed by atoms with Crippen LogP contribution in [0.25, 0.3) is 0 Å². The third-order valence-electron chi connectivity index (χ3n) is 0.614. The highest BCUT2D eigenvalue weighted by atomic mass is 16.2. The van der Waals surface area contributed by atoms with Crippen LogP contribution in [-0.4, -0.2) is 11.9 Å². The second-order valence-corrected chi connectivity index (χ2v) is 3.14. The highest BCUT2D eigenvalue weighted by Crippen LogP contribution is 2.09. The SMILES string of the molecule is CC(=O)C#CC(C)(C)C.O=C=O. The summed E-state index contributed by atoms with van der Waals surface area (Å²) in [4.78, 5) is 26.6. The van der Waals surface area contributed by atoms with E-state index in [4.69, 9.17) is 9.59 Å². The van der Waals surface area contributed by atoms with Crippen LogP contribution < -0.4 is 0 Å². The lowest BCUT2D eigenvalue weighted by atomic mass is 9.98. The largest absolute Gasteiger partial charge is 0.373 e. The zero-order valence-corrected chi connectivity index (χ0v) is 7.72. The number of ketones is 1. The first-order valence-corrected chi connectivity index (χ1v) is 3.36. The summed E-state index contributed by atoms with van der Waals surface area (Å²) in [7, 11) is 0. The van der Waals surface area contributed by atoms with Gasteiger partial charge in [-0.05, 0) is 26.7 Å². The first kappa shape index (κ1) is 13.2. The van der Waals surface area contributed by atoms with Crippen molar-refractivity contribution in [3.05, 3.63) is 0 Å². The Balaban J connectivity index is 0. The maximum Gasteiger partial charge on any atom is 0.373 e. The van der Waals surface area contributed by atoms with Crippen LogP contribution in [0.4, 0.5) is 0 Å². The van der Waals surface area contributed by atoms with Gasteiger partial charge in [0.05, 0.1) is 0 Å². The van der Waals surface area contributed by atoms with E-state index < -0.39 is 0 Å². The van der Waals surface area contributed by atoms with Crippen molar-refractivity contribution in [2.75, 3.05) is 0 Å². The number of carbonyl (C=O) groups excluding carboxylic acids is 3. The monoisotopic (exact) mass is 168 g/mol. The van der Waals surface area contributed by atoms with Gasteiger partial charge in [0.1, 0.15) is 0 Å². The lowest BCUT2D eigenvalue weighted by molar-refractivity contribution is -0.191. The van der Waals surface area contributed by atoms with Crippen LogP contribution in [0.15, 0.2) is 0 Å². The minimum Gasteiger partial charge on any atom is -0.285 e. The van der Waals surface area contributed by atoms with Crippen LogP contribution >= 0.6 is 0 Å². The molecule has 0 amide bonds. The number of Topliss-reactive ketones (excluding diaryl/α,β-unsaturated/α-hetero) is 1. The minimum atomic E-state index is -0.0649. The lowest BCUT2D eigenvalue weighted by Gasteiger charge is -2.05. The van der Waals surface area contributed by atoms with Crippen molar-refractivity contribution in [1.82, 2.24) is 0 Å². The van der Waals surface area contributed by atoms with Crippen molar-refractivity contribution in [3.63, 3.8) is 0 Å². The van der Waals surface area contributed by atoms with E-state index in [0.29, 0.717) is 0 Å². The predicted molar refractivity (Wildman–Crippen MR) is 42.9 cm³/mol. The molecule has 0 rings (SSSR count). The molecule has 3 heteroatoms. The molecule has 0 aromatic carbocycles. The first-order valence-electron chi connectivity index (χ1n) is 3.36. The van der Waals surface area contributed by atoms with Gasteiger partial charge in [0.15, 0.2) is 0 Å². The summed E-state index contributed by atoms with van der Waals surface area (Å²) in [5, 5.41) is 0. The Kier molecular flexibility index (Phi) is 6.97. The van der Waals surface area contributed by atoms with E-state index >= 15 is 0 Å². The molecule has 0 atom stereocenters. The maximum atomic E-state index is 10.3. The van der Waals surface area contributed by atoms with Crippen LogP contribution in [-0.2, 0) is 14.4 Å². The third-order valence-corrected chi connectivity index (χ3v) is 0.614. The molecule has 3 nitrogen and oxygen atoms in total. The molecule has 0 radical (unpaired) electrons. The van der Waals surface area contributed by atoms with E-state index in [-0.39, 0.29) is 17.3 Å². The molecule has 0 aliphatic heterocycles. The molecule has 0 bridgehead atoms. The van der Waals surface area contributed by atoms with Crippen molar-refractivity contribution in [2.24, 2.45) is 5.41 Å². The highest BCUT2D eigenvalue weighted by molar-refractivity contribution is 5.93. The van der Waals surface area contributed by atoms with E-state index in [1.165, 1.54) is 6.92 Å². The van der Waals surface area contributed by atoms with Crippen LogP contribution in [0.2, 0.25) is 0 Å². The normalized spacial score (nSPS) is 8.00. The second kappa shape index (κ2) is 6.33. The van der Waals surface area contributed by atoms with Gasteiger partial charge >= 0.3 is 6.15 Å². The standard InChI is InChI=1S/C8H12O.CO2/c1-7(9)5-6-8(2,3)4;2-1-3/h1-4H3;. The van der Waals surface area contributed by atoms with E-state index in [1.54, 1.807) is 0 Å². The summed E-state index contributed by atoms with van der Waals surface area (Å²) < 4.78 is 0. The zero-order valence-electron chi connectivity index (χ0n) is 7.72. The summed E-state index contributed by atoms with van der Waals surface area (Å²) >= 11 is 0. The Bertz CT molecular complexity index is 229. The molecule has 66 valence electrons. The van der Waals surface area contributed by atoms with E-state index in [2.05, 4.69) is 11.8 Å². The number of hydrogen-bond donors (Lipinski definition) is 0. The van der Waals surface area contributed by atoms with E-state index in [1.807, 2.05) is 20.8 Å². The summed E-state index contributed by atoms with van der Waals surface area (Å²) in [6.45, 7) is 7.40. The van der Waals surface area contributed by atoms with Gasteiger partial charge in [-0.15, -0.1) is 0 Å². The van der Waals surface area contributed by atoms with Crippen LogP contribution in [0, 0.1) is 17.3 Å². The first-order chi connectivity index (χ1) is 5.33. The summed E-state index contributed by atoms with van der Waals surface area (Å²) in [5.41, 5.74) is -0.0499. The Labute approximate surface area is 72.1 Å². The van der Waals surface area contributed by atoms with Crippen molar-refractivity contribution in [2.45, 2.75) is 27.7 Å². The topological polar surface area (TPSA) is 51.2 Å². The quantitative estimate of drug-likeness (QED) is 0.401. The Hall–Kier alpha value is -1.39. The summed E-state index contributed by atoms with van der Waals surface area (Å²) in [6.07, 6.45) is 0.250. The molecular formula is C9H12O3. The van der Waals surface area contributed by atoms with Crippen LogP contribution in [0.5, 0.6) is 0 Å². The predicted octanol–water partition coefficient (Wildman–Crippen LogP) is 1.04. The molecule has 0 saturated heterocycles. The lowest BCUT2D eigenvalue weighted by Crippen LogP contribution is -2.00. The fourth-order valence-corrected chi connectivity index (χ4v) is 0.276. The van der Waals surface area contributed by atoms with Crippen molar-refractivity contribution in [3.8, 4) is 11.8 Å². The van der Waals surface area contributed by atoms with E-state index in [0.717, 1.165) is 0 Å². The summed E-state index contributed by atoms with van der Waals surface area (Å²) in [5.74, 6) is 5.25. The fourth-order valence-electron chi connectivity index (χ4n) is 0.276. The van der Waals surface area contributed by atoms with Gasteiger partial charge in [-0.2, -0.15) is 9.59 Å². The Morgan fingerprint density at radius 3 is 1.58 bits per heavy atom. The minimum absolute atomic E-state index is 0.0499. The summed E-state index contributed by atoms with van der Waals surface area (Å²) in [6, 6.07) is 0. The molecule has 0 fully saturated rings. The van der Waals surface area contributed by atoms with Crippen LogP contribution in [0.3, 0.4) is 0 Å². The molecule has 0 heterocycles. The molecular weight excluding hydrogens is 156 g/mol. The molecule has 0 aliphatic rings. The van der Waals surface area contributed by atoms with Crippen molar-refractivity contribution >= 4 is 11.9 Å². The maximum absolute atomic E-state index is 10.3. The number of carbonyl (C=O) groups is 1. The Morgan fingerprint density at radius 2 is 1.50 bits per heavy atom. The smallest absolute Gasteiger partial charge is 0.285 e. The molecule has 0 aromatic rings. The van der Waals surface area contributed by atoms with E-state index in [9.17, 15) is 4.79 Å². The van der Waals surface area contributed by atoms with Crippen molar-refractivity contribution < 1.29 is 14.4 Å².